The average molecular weight is 263 g/mol. The zero-order valence-electron chi connectivity index (χ0n) is 10.6. The van der Waals surface area contributed by atoms with Crippen molar-refractivity contribution in [3.8, 4) is 5.75 Å². The number of carboxylic acid groups (broad SMARTS) is 1. The van der Waals surface area contributed by atoms with Gasteiger partial charge in [-0.2, -0.15) is 0 Å². The van der Waals surface area contributed by atoms with Gasteiger partial charge >= 0.3 is 5.97 Å². The lowest BCUT2D eigenvalue weighted by atomic mass is 10.1. The molecule has 0 atom stereocenters. The molecule has 0 spiro atoms. The molecule has 0 aromatic heterocycles. The number of aliphatic carboxylic acids is 1. The van der Waals surface area contributed by atoms with E-state index >= 15 is 0 Å². The Bertz CT molecular complexity index is 465. The summed E-state index contributed by atoms with van der Waals surface area (Å²) < 4.78 is 0. The first-order valence-electron chi connectivity index (χ1n) is 6.35. The number of phenols is 1. The molecule has 1 aliphatic carbocycles. The Balaban J connectivity index is 1.95. The Kier molecular flexibility index (Phi) is 4.04. The van der Waals surface area contributed by atoms with Gasteiger partial charge in [0.05, 0.1) is 12.8 Å². The zero-order chi connectivity index (χ0) is 13.8. The van der Waals surface area contributed by atoms with Crippen molar-refractivity contribution in [1.82, 2.24) is 4.90 Å². The number of carbonyl (C=O) groups excluding carboxylic acids is 1. The second-order valence-corrected chi connectivity index (χ2v) is 4.81. The van der Waals surface area contributed by atoms with Crippen LogP contribution >= 0.6 is 0 Å². The lowest BCUT2D eigenvalue weighted by Crippen LogP contribution is -2.36. The summed E-state index contributed by atoms with van der Waals surface area (Å²) in [6.07, 6.45) is 2.15. The summed E-state index contributed by atoms with van der Waals surface area (Å²) in [7, 11) is 0. The van der Waals surface area contributed by atoms with E-state index in [1.807, 2.05) is 0 Å². The van der Waals surface area contributed by atoms with E-state index in [9.17, 15) is 14.7 Å². The number of phenolic OH excluding ortho intramolecular Hbond substituents is 1. The third-order valence-electron chi connectivity index (χ3n) is 3.17. The van der Waals surface area contributed by atoms with Crippen molar-refractivity contribution in [1.29, 1.82) is 0 Å². The second kappa shape index (κ2) is 5.73. The minimum absolute atomic E-state index is 0.0161. The normalized spacial score (nSPS) is 14.1. The summed E-state index contributed by atoms with van der Waals surface area (Å²) in [6, 6.07) is 6.71. The maximum atomic E-state index is 12.2. The van der Waals surface area contributed by atoms with Crippen molar-refractivity contribution in [2.75, 3.05) is 6.54 Å². The highest BCUT2D eigenvalue weighted by Crippen LogP contribution is 2.27. The van der Waals surface area contributed by atoms with Gasteiger partial charge in [-0.25, -0.2) is 0 Å². The van der Waals surface area contributed by atoms with Gasteiger partial charge in [-0.05, 0) is 30.5 Å². The SMILES string of the molecule is O=C(O)CCN(C(=O)Cc1ccc(O)cc1)C1CC1. The number of nitrogens with zero attached hydrogens (tertiary/aromatic N) is 1. The van der Waals surface area contributed by atoms with Crippen LogP contribution in [0.3, 0.4) is 0 Å². The maximum Gasteiger partial charge on any atom is 0.305 e. The standard InChI is InChI=1S/C14H17NO4/c16-12-5-1-10(2-6-12)9-13(17)15(11-3-4-11)8-7-14(18)19/h1-2,5-6,11,16H,3-4,7-9H2,(H,18,19). The van der Waals surface area contributed by atoms with E-state index in [-0.39, 0.29) is 37.1 Å². The summed E-state index contributed by atoms with van der Waals surface area (Å²) in [5.74, 6) is -0.765. The average Bonchev–Trinajstić information content (AvgIpc) is 3.16. The van der Waals surface area contributed by atoms with Crippen molar-refractivity contribution in [2.45, 2.75) is 31.7 Å². The van der Waals surface area contributed by atoms with Crippen LogP contribution < -0.4 is 0 Å². The molecule has 1 aromatic rings. The molecule has 0 unspecified atom stereocenters. The molecule has 1 saturated carbocycles. The fraction of sp³-hybridized carbons (Fsp3) is 0.429. The van der Waals surface area contributed by atoms with Gasteiger partial charge in [-0.3, -0.25) is 9.59 Å². The molecule has 2 rings (SSSR count). The van der Waals surface area contributed by atoms with Crippen LogP contribution in [0.25, 0.3) is 0 Å². The molecule has 1 aromatic carbocycles. The molecule has 0 bridgehead atoms. The first kappa shape index (κ1) is 13.4. The van der Waals surface area contributed by atoms with Crippen LogP contribution in [0.4, 0.5) is 0 Å². The molecule has 0 heterocycles. The largest absolute Gasteiger partial charge is 0.508 e. The van der Waals surface area contributed by atoms with Gasteiger partial charge in [0.15, 0.2) is 0 Å². The lowest BCUT2D eigenvalue weighted by molar-refractivity contribution is -0.138. The fourth-order valence-electron chi connectivity index (χ4n) is 2.00. The molecule has 1 amide bonds. The molecule has 1 aliphatic rings. The minimum atomic E-state index is -0.886. The second-order valence-electron chi connectivity index (χ2n) is 4.81. The molecule has 0 radical (unpaired) electrons. The van der Waals surface area contributed by atoms with Crippen LogP contribution in [-0.4, -0.2) is 39.6 Å². The molecule has 1 fully saturated rings. The van der Waals surface area contributed by atoms with Crippen LogP contribution in [0.1, 0.15) is 24.8 Å². The molecule has 5 heteroatoms. The number of hydrogen-bond donors (Lipinski definition) is 2. The maximum absolute atomic E-state index is 12.2. The molecule has 102 valence electrons. The quantitative estimate of drug-likeness (QED) is 0.813. The highest BCUT2D eigenvalue weighted by atomic mass is 16.4. The van der Waals surface area contributed by atoms with E-state index in [1.54, 1.807) is 29.2 Å². The van der Waals surface area contributed by atoms with Gasteiger partial charge < -0.3 is 15.1 Å². The van der Waals surface area contributed by atoms with Crippen LogP contribution in [-0.2, 0) is 16.0 Å². The predicted molar refractivity (Wildman–Crippen MR) is 68.8 cm³/mol. The Morgan fingerprint density at radius 1 is 1.21 bits per heavy atom. The monoisotopic (exact) mass is 263 g/mol. The van der Waals surface area contributed by atoms with Crippen LogP contribution in [0, 0.1) is 0 Å². The third-order valence-corrected chi connectivity index (χ3v) is 3.17. The van der Waals surface area contributed by atoms with Crippen molar-refractivity contribution in [2.24, 2.45) is 0 Å². The molecule has 0 saturated heterocycles. The van der Waals surface area contributed by atoms with E-state index in [0.717, 1.165) is 18.4 Å². The summed E-state index contributed by atoms with van der Waals surface area (Å²) in [5, 5.41) is 17.9. The zero-order valence-corrected chi connectivity index (χ0v) is 10.6. The molecule has 19 heavy (non-hydrogen) atoms. The Labute approximate surface area is 111 Å². The number of benzene rings is 1. The molecular formula is C14H17NO4. The van der Waals surface area contributed by atoms with E-state index in [1.165, 1.54) is 0 Å². The summed E-state index contributed by atoms with van der Waals surface area (Å²) in [4.78, 5) is 24.4. The Morgan fingerprint density at radius 2 is 1.84 bits per heavy atom. The predicted octanol–water partition coefficient (Wildman–Crippen LogP) is 1.40. The van der Waals surface area contributed by atoms with Crippen molar-refractivity contribution in [3.05, 3.63) is 29.8 Å². The van der Waals surface area contributed by atoms with E-state index in [4.69, 9.17) is 5.11 Å². The minimum Gasteiger partial charge on any atom is -0.508 e. The van der Waals surface area contributed by atoms with Gasteiger partial charge in [0, 0.05) is 12.6 Å². The van der Waals surface area contributed by atoms with Gasteiger partial charge in [0.25, 0.3) is 0 Å². The third kappa shape index (κ3) is 3.98. The van der Waals surface area contributed by atoms with Gasteiger partial charge in [0.2, 0.25) is 5.91 Å². The van der Waals surface area contributed by atoms with E-state index in [2.05, 4.69) is 0 Å². The molecule has 0 aliphatic heterocycles. The fourth-order valence-corrected chi connectivity index (χ4v) is 2.00. The van der Waals surface area contributed by atoms with Gasteiger partial charge in [0.1, 0.15) is 5.75 Å². The Hall–Kier alpha value is -2.04. The molecule has 5 nitrogen and oxygen atoms in total. The number of rotatable bonds is 6. The van der Waals surface area contributed by atoms with Gasteiger partial charge in [-0.15, -0.1) is 0 Å². The number of amides is 1. The lowest BCUT2D eigenvalue weighted by Gasteiger charge is -2.21. The van der Waals surface area contributed by atoms with Gasteiger partial charge in [-0.1, -0.05) is 12.1 Å². The van der Waals surface area contributed by atoms with Crippen molar-refractivity contribution in [3.63, 3.8) is 0 Å². The van der Waals surface area contributed by atoms with Crippen LogP contribution in [0.2, 0.25) is 0 Å². The summed E-state index contributed by atoms with van der Waals surface area (Å²) in [5.41, 5.74) is 0.823. The Morgan fingerprint density at radius 3 is 2.37 bits per heavy atom. The highest BCUT2D eigenvalue weighted by Gasteiger charge is 2.32. The van der Waals surface area contributed by atoms with Crippen LogP contribution in [0.15, 0.2) is 24.3 Å². The van der Waals surface area contributed by atoms with E-state index < -0.39 is 5.97 Å². The van der Waals surface area contributed by atoms with Crippen molar-refractivity contribution < 1.29 is 19.8 Å². The van der Waals surface area contributed by atoms with Crippen LogP contribution in [0.5, 0.6) is 5.75 Å². The highest BCUT2D eigenvalue weighted by molar-refractivity contribution is 5.80. The van der Waals surface area contributed by atoms with E-state index in [0.29, 0.717) is 0 Å². The number of aromatic hydroxyl groups is 1. The summed E-state index contributed by atoms with van der Waals surface area (Å²) >= 11 is 0. The topological polar surface area (TPSA) is 77.8 Å². The summed E-state index contributed by atoms with van der Waals surface area (Å²) in [6.45, 7) is 0.275. The number of carbonyl (C=O) groups is 2. The first-order chi connectivity index (χ1) is 9.06. The molecular weight excluding hydrogens is 246 g/mol. The number of carboxylic acids is 1. The number of hydrogen-bond acceptors (Lipinski definition) is 3. The van der Waals surface area contributed by atoms with Crippen molar-refractivity contribution >= 4 is 11.9 Å². The molecule has 2 N–H and O–H groups in total. The smallest absolute Gasteiger partial charge is 0.305 e. The first-order valence-corrected chi connectivity index (χ1v) is 6.35.